The second-order valence-corrected chi connectivity index (χ2v) is 23.0. The van der Waals surface area contributed by atoms with Crippen LogP contribution in [0.15, 0.2) is 218 Å². The minimum absolute atomic E-state index is 0.161. The number of hydrogen-bond acceptors (Lipinski definition) is 1. The molecule has 3 aliphatic rings. The van der Waals surface area contributed by atoms with Crippen LogP contribution in [0, 0.1) is 11.8 Å². The predicted octanol–water partition coefficient (Wildman–Crippen LogP) is 13.6. The average Bonchev–Trinajstić information content (AvgIpc) is 4.06. The van der Waals surface area contributed by atoms with E-state index < -0.39 is 8.07 Å². The smallest absolute Gasteiger partial charge is 0.179 e. The molecule has 310 valence electrons. The molecule has 0 amide bonds. The van der Waals surface area contributed by atoms with Crippen molar-refractivity contribution in [3.05, 3.63) is 235 Å². The molecule has 2 fully saturated rings. The van der Waals surface area contributed by atoms with E-state index in [4.69, 9.17) is 0 Å². The lowest BCUT2D eigenvalue weighted by molar-refractivity contribution is 0.420. The molecule has 0 saturated heterocycles. The van der Waals surface area contributed by atoms with Crippen LogP contribution in [0.3, 0.4) is 0 Å². The minimum atomic E-state index is -2.73. The Balaban J connectivity index is 1.10. The van der Waals surface area contributed by atoms with Crippen molar-refractivity contribution < 1.29 is 0 Å². The van der Waals surface area contributed by atoms with Gasteiger partial charge in [-0.15, -0.1) is 0 Å². The summed E-state index contributed by atoms with van der Waals surface area (Å²) in [5, 5.41) is 8.03. The highest BCUT2D eigenvalue weighted by Crippen LogP contribution is 2.55. The first kappa shape index (κ1) is 38.9. The quantitative estimate of drug-likeness (QED) is 0.103. The zero-order valence-electron chi connectivity index (χ0n) is 36.8. The largest absolute Gasteiger partial charge is 0.310 e. The number of hydrogen-bond donors (Lipinski definition) is 0. The van der Waals surface area contributed by atoms with Crippen molar-refractivity contribution in [2.24, 2.45) is 11.8 Å². The first-order valence-corrected chi connectivity index (χ1v) is 25.4. The molecule has 9 aromatic rings. The molecule has 0 heterocycles. The van der Waals surface area contributed by atoms with Gasteiger partial charge in [0.25, 0.3) is 0 Å². The summed E-state index contributed by atoms with van der Waals surface area (Å²) in [4.78, 5) is 2.57. The van der Waals surface area contributed by atoms with Crippen LogP contribution in [-0.2, 0) is 5.41 Å². The molecule has 2 bridgehead atoms. The van der Waals surface area contributed by atoms with Gasteiger partial charge in [0.2, 0.25) is 0 Å². The second kappa shape index (κ2) is 15.5. The molecule has 2 saturated carbocycles. The summed E-state index contributed by atoms with van der Waals surface area (Å²) in [7, 11) is -2.73. The summed E-state index contributed by atoms with van der Waals surface area (Å²) >= 11 is 0. The fraction of sp³-hybridized carbons (Fsp3) is 0.161. The van der Waals surface area contributed by atoms with Gasteiger partial charge in [0.1, 0.15) is 0 Å². The van der Waals surface area contributed by atoms with Gasteiger partial charge in [-0.25, -0.2) is 0 Å². The van der Waals surface area contributed by atoms with Gasteiger partial charge in [-0.2, -0.15) is 0 Å². The van der Waals surface area contributed by atoms with Gasteiger partial charge in [0, 0.05) is 22.4 Å². The molecule has 3 unspecified atom stereocenters. The van der Waals surface area contributed by atoms with Crippen molar-refractivity contribution in [1.29, 1.82) is 0 Å². The number of nitrogens with zero attached hydrogens (tertiary/aromatic N) is 1. The van der Waals surface area contributed by atoms with E-state index in [1.807, 2.05) is 0 Å². The molecular weight excluding hydrogens is 787 g/mol. The van der Waals surface area contributed by atoms with Crippen molar-refractivity contribution in [1.82, 2.24) is 0 Å². The van der Waals surface area contributed by atoms with Gasteiger partial charge in [-0.3, -0.25) is 0 Å². The maximum Gasteiger partial charge on any atom is 0.179 e. The van der Waals surface area contributed by atoms with E-state index in [0.29, 0.717) is 5.92 Å². The Morgan fingerprint density at radius 3 is 1.61 bits per heavy atom. The molecule has 1 nitrogen and oxygen atoms in total. The SMILES string of the molecule is CC1(C)c2ccccc2-c2cc(-c3cccc4ccccc34)c(N(c3ccc(C4CC5CCC4C5)cc3)c3ccc([Si](c4ccccc4)(c4ccccc4)c4ccccc4)cc3)cc21. The van der Waals surface area contributed by atoms with E-state index in [2.05, 4.69) is 237 Å². The van der Waals surface area contributed by atoms with E-state index in [1.54, 1.807) is 0 Å². The number of fused-ring (bicyclic) bond motifs is 6. The van der Waals surface area contributed by atoms with Gasteiger partial charge in [-0.05, 0) is 138 Å². The molecule has 0 N–H and O–H groups in total. The van der Waals surface area contributed by atoms with Crippen molar-refractivity contribution in [2.45, 2.75) is 50.9 Å². The van der Waals surface area contributed by atoms with Gasteiger partial charge in [0.05, 0.1) is 5.69 Å². The molecular formula is C62H53NSi. The molecule has 3 atom stereocenters. The molecule has 12 rings (SSSR count). The van der Waals surface area contributed by atoms with Gasteiger partial charge in [-0.1, -0.05) is 202 Å². The van der Waals surface area contributed by atoms with Gasteiger partial charge >= 0.3 is 0 Å². The van der Waals surface area contributed by atoms with Crippen LogP contribution in [0.5, 0.6) is 0 Å². The lowest BCUT2D eigenvalue weighted by Crippen LogP contribution is -2.74. The molecule has 2 heteroatoms. The standard InChI is InChI=1S/C62H53NSi/c1-62(2)59-28-15-14-26-55(59)57-41-58(54-27-16-18-44-17-12-13-25-53(44)54)61(42-60(57)62)63(47-33-31-45(32-34-47)56-40-43-29-30-46(56)39-43)48-35-37-52(38-36-48)64(49-19-6-3-7-20-49,50-21-8-4-9-22-50)51-23-10-5-11-24-51/h3-28,31-38,41-43,46,56H,29-30,39-40H2,1-2H3. The maximum absolute atomic E-state index is 2.73. The van der Waals surface area contributed by atoms with E-state index in [1.165, 1.54) is 108 Å². The third-order valence-electron chi connectivity index (χ3n) is 15.5. The molecule has 0 aliphatic heterocycles. The molecule has 0 radical (unpaired) electrons. The Morgan fingerprint density at radius 1 is 0.438 bits per heavy atom. The third kappa shape index (κ3) is 6.18. The highest BCUT2D eigenvalue weighted by atomic mass is 28.3. The normalized spacial score (nSPS) is 18.2. The van der Waals surface area contributed by atoms with Gasteiger partial charge < -0.3 is 4.90 Å². The van der Waals surface area contributed by atoms with Crippen LogP contribution in [0.1, 0.15) is 62.1 Å². The Morgan fingerprint density at radius 2 is 0.984 bits per heavy atom. The molecule has 3 aliphatic carbocycles. The topological polar surface area (TPSA) is 3.24 Å². The minimum Gasteiger partial charge on any atom is -0.310 e. The molecule has 0 spiro atoms. The summed E-state index contributed by atoms with van der Waals surface area (Å²) < 4.78 is 0. The summed E-state index contributed by atoms with van der Waals surface area (Å²) in [6.07, 6.45) is 5.56. The van der Waals surface area contributed by atoms with E-state index in [0.717, 1.165) is 17.5 Å². The first-order chi connectivity index (χ1) is 31.5. The Hall–Kier alpha value is -6.74. The van der Waals surface area contributed by atoms with E-state index >= 15 is 0 Å². The van der Waals surface area contributed by atoms with Crippen LogP contribution in [0.2, 0.25) is 0 Å². The molecule has 64 heavy (non-hydrogen) atoms. The zero-order valence-corrected chi connectivity index (χ0v) is 37.8. The number of rotatable bonds is 9. The van der Waals surface area contributed by atoms with Crippen molar-refractivity contribution in [2.75, 3.05) is 4.90 Å². The highest BCUT2D eigenvalue weighted by Gasteiger charge is 2.43. The van der Waals surface area contributed by atoms with Gasteiger partial charge in [0.15, 0.2) is 8.07 Å². The van der Waals surface area contributed by atoms with E-state index in [-0.39, 0.29) is 5.41 Å². The van der Waals surface area contributed by atoms with Crippen LogP contribution < -0.4 is 25.6 Å². The Labute approximate surface area is 379 Å². The number of benzene rings is 9. The fourth-order valence-corrected chi connectivity index (χ4v) is 17.2. The first-order valence-electron chi connectivity index (χ1n) is 23.4. The van der Waals surface area contributed by atoms with Crippen molar-refractivity contribution in [3.63, 3.8) is 0 Å². The lowest BCUT2D eigenvalue weighted by atomic mass is 9.81. The Kier molecular flexibility index (Phi) is 9.42. The summed E-state index contributed by atoms with van der Waals surface area (Å²) in [5.41, 5.74) is 12.8. The highest BCUT2D eigenvalue weighted by molar-refractivity contribution is 7.19. The average molecular weight is 840 g/mol. The summed E-state index contributed by atoms with van der Waals surface area (Å²) in [5.74, 6) is 2.42. The fourth-order valence-electron chi connectivity index (χ4n) is 12.5. The van der Waals surface area contributed by atoms with Crippen LogP contribution in [-0.4, -0.2) is 8.07 Å². The van der Waals surface area contributed by atoms with Crippen molar-refractivity contribution in [3.8, 4) is 22.3 Å². The maximum atomic E-state index is 2.57. The predicted molar refractivity (Wildman–Crippen MR) is 273 cm³/mol. The molecule has 9 aromatic carbocycles. The van der Waals surface area contributed by atoms with Crippen molar-refractivity contribution >= 4 is 56.7 Å². The van der Waals surface area contributed by atoms with Crippen LogP contribution in [0.25, 0.3) is 33.0 Å². The monoisotopic (exact) mass is 839 g/mol. The van der Waals surface area contributed by atoms with E-state index in [9.17, 15) is 0 Å². The van der Waals surface area contributed by atoms with Crippen LogP contribution in [0.4, 0.5) is 17.1 Å². The summed E-state index contributed by atoms with van der Waals surface area (Å²) in [6.45, 7) is 4.81. The summed E-state index contributed by atoms with van der Waals surface area (Å²) in [6, 6.07) is 83.1. The third-order valence-corrected chi connectivity index (χ3v) is 20.3. The zero-order chi connectivity index (χ0) is 42.8. The second-order valence-electron chi connectivity index (χ2n) is 19.2. The molecule has 0 aromatic heterocycles. The lowest BCUT2D eigenvalue weighted by Gasteiger charge is -2.35. The number of anilines is 3. The van der Waals surface area contributed by atoms with Crippen LogP contribution >= 0.6 is 0 Å². The Bertz CT molecular complexity index is 3030.